The maximum absolute atomic E-state index is 12.4. The highest BCUT2D eigenvalue weighted by Crippen LogP contribution is 2.22. The Hall–Kier alpha value is -2.92. The molecule has 5 nitrogen and oxygen atoms in total. The second-order valence-corrected chi connectivity index (χ2v) is 6.48. The van der Waals surface area contributed by atoms with Crippen molar-refractivity contribution in [1.82, 2.24) is 15.3 Å². The Kier molecular flexibility index (Phi) is 5.49. The van der Waals surface area contributed by atoms with E-state index in [1.54, 1.807) is 12.1 Å². The van der Waals surface area contributed by atoms with Crippen molar-refractivity contribution in [3.63, 3.8) is 0 Å². The number of hydrogen-bond donors (Lipinski definition) is 2. The molecule has 0 radical (unpaired) electrons. The van der Waals surface area contributed by atoms with Crippen LogP contribution in [0.2, 0.25) is 5.02 Å². The number of nitrogens with one attached hydrogen (secondary N) is 2. The fraction of sp³-hybridized carbons (Fsp3) is 0.150. The summed E-state index contributed by atoms with van der Waals surface area (Å²) in [5, 5.41) is 6.74. The molecule has 0 aliphatic carbocycles. The SMILES string of the molecule is Cc1cccc(CNC(=O)c2cc(Nc3ccc(Cl)cc3C)ncn2)c1. The number of carbonyl (C=O) groups excluding carboxylic acids is 1. The zero-order valence-electron chi connectivity index (χ0n) is 14.6. The number of aryl methyl sites for hydroxylation is 2. The van der Waals surface area contributed by atoms with Gasteiger partial charge in [0, 0.05) is 23.3 Å². The lowest BCUT2D eigenvalue weighted by Crippen LogP contribution is -2.24. The smallest absolute Gasteiger partial charge is 0.270 e. The number of carbonyl (C=O) groups is 1. The number of amides is 1. The van der Waals surface area contributed by atoms with Gasteiger partial charge in [-0.05, 0) is 43.2 Å². The highest BCUT2D eigenvalue weighted by atomic mass is 35.5. The fourth-order valence-electron chi connectivity index (χ4n) is 2.55. The van der Waals surface area contributed by atoms with Crippen molar-refractivity contribution < 1.29 is 4.79 Å². The van der Waals surface area contributed by atoms with Gasteiger partial charge in [0.05, 0.1) is 0 Å². The Morgan fingerprint density at radius 1 is 1.08 bits per heavy atom. The van der Waals surface area contributed by atoms with Gasteiger partial charge in [0.15, 0.2) is 0 Å². The van der Waals surface area contributed by atoms with Crippen LogP contribution in [0.4, 0.5) is 11.5 Å². The van der Waals surface area contributed by atoms with Crippen molar-refractivity contribution in [1.29, 1.82) is 0 Å². The first-order valence-electron chi connectivity index (χ1n) is 8.20. The topological polar surface area (TPSA) is 66.9 Å². The van der Waals surface area contributed by atoms with Crippen LogP contribution in [0, 0.1) is 13.8 Å². The molecule has 6 heteroatoms. The van der Waals surface area contributed by atoms with Crippen molar-refractivity contribution in [2.75, 3.05) is 5.32 Å². The molecule has 0 aliphatic rings. The minimum Gasteiger partial charge on any atom is -0.347 e. The van der Waals surface area contributed by atoms with Gasteiger partial charge < -0.3 is 10.6 Å². The Morgan fingerprint density at radius 3 is 2.69 bits per heavy atom. The molecule has 3 aromatic rings. The molecule has 0 unspecified atom stereocenters. The van der Waals surface area contributed by atoms with E-state index in [1.165, 1.54) is 6.33 Å². The van der Waals surface area contributed by atoms with Gasteiger partial charge in [0.2, 0.25) is 0 Å². The molecule has 0 aliphatic heterocycles. The summed E-state index contributed by atoms with van der Waals surface area (Å²) in [7, 11) is 0. The maximum Gasteiger partial charge on any atom is 0.270 e. The Labute approximate surface area is 157 Å². The largest absolute Gasteiger partial charge is 0.347 e. The zero-order chi connectivity index (χ0) is 18.5. The lowest BCUT2D eigenvalue weighted by molar-refractivity contribution is 0.0946. The van der Waals surface area contributed by atoms with E-state index >= 15 is 0 Å². The summed E-state index contributed by atoms with van der Waals surface area (Å²) >= 11 is 5.98. The average molecular weight is 367 g/mol. The number of rotatable bonds is 5. The fourth-order valence-corrected chi connectivity index (χ4v) is 2.78. The van der Waals surface area contributed by atoms with Crippen LogP contribution in [0.15, 0.2) is 54.9 Å². The summed E-state index contributed by atoms with van der Waals surface area (Å²) in [4.78, 5) is 20.6. The number of nitrogens with zero attached hydrogens (tertiary/aromatic N) is 2. The molecule has 3 rings (SSSR count). The van der Waals surface area contributed by atoms with E-state index in [4.69, 9.17) is 11.6 Å². The summed E-state index contributed by atoms with van der Waals surface area (Å²) in [6.07, 6.45) is 1.37. The normalized spacial score (nSPS) is 10.4. The summed E-state index contributed by atoms with van der Waals surface area (Å²) in [5.74, 6) is 0.302. The second-order valence-electron chi connectivity index (χ2n) is 6.04. The Balaban J connectivity index is 1.69. The van der Waals surface area contributed by atoms with Gasteiger partial charge in [-0.25, -0.2) is 9.97 Å². The van der Waals surface area contributed by atoms with E-state index in [1.807, 2.05) is 50.2 Å². The molecule has 1 aromatic heterocycles. The summed E-state index contributed by atoms with van der Waals surface area (Å²) in [6, 6.07) is 15.2. The van der Waals surface area contributed by atoms with Crippen LogP contribution in [0.1, 0.15) is 27.2 Å². The highest BCUT2D eigenvalue weighted by molar-refractivity contribution is 6.30. The molecule has 0 fully saturated rings. The van der Waals surface area contributed by atoms with E-state index < -0.39 is 0 Å². The molecular weight excluding hydrogens is 348 g/mol. The third-order valence-electron chi connectivity index (χ3n) is 3.89. The van der Waals surface area contributed by atoms with Gasteiger partial charge in [0.25, 0.3) is 5.91 Å². The van der Waals surface area contributed by atoms with Gasteiger partial charge in [-0.1, -0.05) is 41.4 Å². The number of anilines is 2. The maximum atomic E-state index is 12.4. The van der Waals surface area contributed by atoms with Crippen molar-refractivity contribution in [3.8, 4) is 0 Å². The van der Waals surface area contributed by atoms with Gasteiger partial charge in [-0.3, -0.25) is 4.79 Å². The van der Waals surface area contributed by atoms with E-state index in [0.29, 0.717) is 23.1 Å². The molecule has 0 spiro atoms. The monoisotopic (exact) mass is 366 g/mol. The molecule has 1 amide bonds. The molecular formula is C20H19ClN4O. The Bertz CT molecular complexity index is 943. The van der Waals surface area contributed by atoms with E-state index in [2.05, 4.69) is 20.6 Å². The van der Waals surface area contributed by atoms with Crippen LogP contribution in [0.25, 0.3) is 0 Å². The first-order valence-corrected chi connectivity index (χ1v) is 8.58. The lowest BCUT2D eigenvalue weighted by atomic mass is 10.1. The molecule has 1 heterocycles. The van der Waals surface area contributed by atoms with Crippen molar-refractivity contribution in [2.45, 2.75) is 20.4 Å². The van der Waals surface area contributed by atoms with Gasteiger partial charge in [-0.2, -0.15) is 0 Å². The molecule has 132 valence electrons. The van der Waals surface area contributed by atoms with E-state index in [9.17, 15) is 4.79 Å². The van der Waals surface area contributed by atoms with Crippen molar-refractivity contribution in [3.05, 3.63) is 82.3 Å². The zero-order valence-corrected chi connectivity index (χ0v) is 15.3. The first-order chi connectivity index (χ1) is 12.5. The first kappa shape index (κ1) is 17.9. The second kappa shape index (κ2) is 7.97. The van der Waals surface area contributed by atoms with Gasteiger partial charge in [0.1, 0.15) is 17.8 Å². The van der Waals surface area contributed by atoms with Crippen LogP contribution in [0.5, 0.6) is 0 Å². The van der Waals surface area contributed by atoms with Crippen LogP contribution in [0.3, 0.4) is 0 Å². The van der Waals surface area contributed by atoms with Gasteiger partial charge in [-0.15, -0.1) is 0 Å². The minimum absolute atomic E-state index is 0.246. The molecule has 0 atom stereocenters. The van der Waals surface area contributed by atoms with E-state index in [-0.39, 0.29) is 5.91 Å². The molecule has 0 saturated carbocycles. The summed E-state index contributed by atoms with van der Waals surface area (Å²) in [6.45, 7) is 4.42. The average Bonchev–Trinajstić information content (AvgIpc) is 2.62. The van der Waals surface area contributed by atoms with Crippen LogP contribution in [-0.4, -0.2) is 15.9 Å². The number of hydrogen-bond acceptors (Lipinski definition) is 4. The standard InChI is InChI=1S/C20H19ClN4O/c1-13-4-3-5-15(8-13)11-22-20(26)18-10-19(24-12-23-18)25-17-7-6-16(21)9-14(17)2/h3-10,12H,11H2,1-2H3,(H,22,26)(H,23,24,25). The lowest BCUT2D eigenvalue weighted by Gasteiger charge is -2.10. The van der Waals surface area contributed by atoms with E-state index in [0.717, 1.165) is 22.4 Å². The number of benzene rings is 2. The Morgan fingerprint density at radius 2 is 1.92 bits per heavy atom. The molecule has 2 aromatic carbocycles. The highest BCUT2D eigenvalue weighted by Gasteiger charge is 2.09. The molecule has 0 bridgehead atoms. The van der Waals surface area contributed by atoms with Crippen LogP contribution in [-0.2, 0) is 6.54 Å². The predicted molar refractivity (Wildman–Crippen MR) is 104 cm³/mol. The quantitative estimate of drug-likeness (QED) is 0.701. The third-order valence-corrected chi connectivity index (χ3v) is 4.12. The van der Waals surface area contributed by atoms with Crippen LogP contribution >= 0.6 is 11.6 Å². The van der Waals surface area contributed by atoms with Crippen LogP contribution < -0.4 is 10.6 Å². The number of halogens is 1. The number of aromatic nitrogens is 2. The predicted octanol–water partition coefficient (Wildman–Crippen LogP) is 4.42. The third kappa shape index (κ3) is 4.58. The molecule has 0 saturated heterocycles. The molecule has 2 N–H and O–H groups in total. The van der Waals surface area contributed by atoms with Crippen molar-refractivity contribution >= 4 is 29.0 Å². The molecule has 26 heavy (non-hydrogen) atoms. The van der Waals surface area contributed by atoms with Gasteiger partial charge >= 0.3 is 0 Å². The minimum atomic E-state index is -0.246. The van der Waals surface area contributed by atoms with Crippen molar-refractivity contribution in [2.24, 2.45) is 0 Å². The summed E-state index contributed by atoms with van der Waals surface area (Å²) < 4.78 is 0. The summed E-state index contributed by atoms with van der Waals surface area (Å²) in [5.41, 5.74) is 4.37.